The fraction of sp³-hybridized carbons (Fsp3) is 0.360. The molecular formula is C25H28N2O2S. The number of ketones is 1. The highest BCUT2D eigenvalue weighted by molar-refractivity contribution is 7.80. The molecule has 30 heavy (non-hydrogen) atoms. The fourth-order valence-electron chi connectivity index (χ4n) is 4.25. The van der Waals surface area contributed by atoms with Crippen molar-refractivity contribution in [1.29, 1.82) is 0 Å². The molecule has 156 valence electrons. The van der Waals surface area contributed by atoms with Crippen molar-refractivity contribution in [1.82, 2.24) is 10.2 Å². The minimum absolute atomic E-state index is 0.192. The lowest BCUT2D eigenvalue weighted by atomic mass is 9.85. The zero-order valence-corrected chi connectivity index (χ0v) is 18.6. The van der Waals surface area contributed by atoms with Crippen LogP contribution < -0.4 is 10.1 Å². The van der Waals surface area contributed by atoms with Gasteiger partial charge in [0, 0.05) is 24.2 Å². The first-order chi connectivity index (χ1) is 14.5. The number of Topliss-reactive ketones (excluding diaryl/α,β-unsaturated/α-hetero) is 1. The largest absolute Gasteiger partial charge is 0.457 e. The van der Waals surface area contributed by atoms with E-state index in [1.165, 1.54) is 5.56 Å². The van der Waals surface area contributed by atoms with E-state index >= 15 is 0 Å². The number of ether oxygens (including phenoxy) is 1. The lowest BCUT2D eigenvalue weighted by Crippen LogP contribution is -2.49. The van der Waals surface area contributed by atoms with Gasteiger partial charge in [-0.2, -0.15) is 0 Å². The Labute approximate surface area is 183 Å². The molecule has 2 aromatic rings. The van der Waals surface area contributed by atoms with Gasteiger partial charge >= 0.3 is 0 Å². The van der Waals surface area contributed by atoms with Gasteiger partial charge in [0.2, 0.25) is 0 Å². The lowest BCUT2D eigenvalue weighted by Gasteiger charge is -2.41. The van der Waals surface area contributed by atoms with Gasteiger partial charge in [-0.3, -0.25) is 4.79 Å². The van der Waals surface area contributed by atoms with Crippen molar-refractivity contribution in [3.05, 3.63) is 70.4 Å². The van der Waals surface area contributed by atoms with Gasteiger partial charge in [0.05, 0.1) is 6.04 Å². The van der Waals surface area contributed by atoms with Crippen molar-refractivity contribution in [2.45, 2.75) is 52.5 Å². The number of hydrogen-bond donors (Lipinski definition) is 1. The van der Waals surface area contributed by atoms with Gasteiger partial charge in [0.1, 0.15) is 11.5 Å². The standard InChI is InChI=1S/C25H28N2O2S/c1-4-15-27-20-8-6-9-21(28)23(20)24(26-25(27)30)18-11-13-19(14-12-18)29-22-10-5-7-16(2)17(22)3/h5,7,10-14,24H,4,6,8-9,15H2,1-3H3,(H,26,30). The molecule has 4 rings (SSSR count). The molecule has 0 fully saturated rings. The molecule has 1 aliphatic carbocycles. The summed E-state index contributed by atoms with van der Waals surface area (Å²) in [5.74, 6) is 1.87. The first kappa shape index (κ1) is 20.6. The molecule has 0 spiro atoms. The first-order valence-electron chi connectivity index (χ1n) is 10.7. The number of rotatable bonds is 5. The molecule has 2 aliphatic rings. The Hall–Kier alpha value is -2.66. The number of aryl methyl sites for hydroxylation is 1. The van der Waals surface area contributed by atoms with Crippen LogP contribution in [0.2, 0.25) is 0 Å². The molecule has 0 radical (unpaired) electrons. The van der Waals surface area contributed by atoms with Crippen molar-refractivity contribution in [2.24, 2.45) is 0 Å². The van der Waals surface area contributed by atoms with Crippen LogP contribution in [-0.4, -0.2) is 22.3 Å². The van der Waals surface area contributed by atoms with Crippen LogP contribution in [0.5, 0.6) is 11.5 Å². The summed E-state index contributed by atoms with van der Waals surface area (Å²) in [6.07, 6.45) is 3.41. The van der Waals surface area contributed by atoms with Gasteiger partial charge in [0.15, 0.2) is 10.9 Å². The summed E-state index contributed by atoms with van der Waals surface area (Å²) in [7, 11) is 0. The predicted octanol–water partition coefficient (Wildman–Crippen LogP) is 5.74. The van der Waals surface area contributed by atoms with Crippen LogP contribution in [0.25, 0.3) is 0 Å². The van der Waals surface area contributed by atoms with Crippen LogP contribution in [0, 0.1) is 13.8 Å². The second-order valence-electron chi connectivity index (χ2n) is 8.04. The maximum atomic E-state index is 12.9. The van der Waals surface area contributed by atoms with E-state index in [1.54, 1.807) is 0 Å². The van der Waals surface area contributed by atoms with Crippen molar-refractivity contribution in [3.63, 3.8) is 0 Å². The predicted molar refractivity (Wildman–Crippen MR) is 124 cm³/mol. The minimum atomic E-state index is -0.192. The zero-order valence-electron chi connectivity index (χ0n) is 17.8. The number of thiocarbonyl (C=S) groups is 1. The van der Waals surface area contributed by atoms with Crippen LogP contribution in [0.1, 0.15) is 55.3 Å². The van der Waals surface area contributed by atoms with Gasteiger partial charge in [-0.1, -0.05) is 31.2 Å². The van der Waals surface area contributed by atoms with Gasteiger partial charge < -0.3 is 15.0 Å². The third kappa shape index (κ3) is 3.86. The Kier molecular flexibility index (Phi) is 5.91. The highest BCUT2D eigenvalue weighted by atomic mass is 32.1. The van der Waals surface area contributed by atoms with Gasteiger partial charge in [-0.25, -0.2) is 0 Å². The second kappa shape index (κ2) is 8.60. The number of benzene rings is 2. The van der Waals surface area contributed by atoms with E-state index in [0.29, 0.717) is 11.5 Å². The van der Waals surface area contributed by atoms with Crippen LogP contribution in [0.3, 0.4) is 0 Å². The molecule has 1 heterocycles. The maximum absolute atomic E-state index is 12.9. The van der Waals surface area contributed by atoms with Gasteiger partial charge in [-0.05, 0) is 80.2 Å². The molecule has 0 aromatic heterocycles. The normalized spacial score (nSPS) is 18.9. The minimum Gasteiger partial charge on any atom is -0.457 e. The summed E-state index contributed by atoms with van der Waals surface area (Å²) < 4.78 is 6.10. The van der Waals surface area contributed by atoms with Crippen LogP contribution in [-0.2, 0) is 4.79 Å². The van der Waals surface area contributed by atoms with E-state index in [1.807, 2.05) is 36.4 Å². The molecular weight excluding hydrogens is 392 g/mol. The van der Waals surface area contributed by atoms with Crippen molar-refractivity contribution < 1.29 is 9.53 Å². The molecule has 1 aliphatic heterocycles. The molecule has 1 N–H and O–H groups in total. The van der Waals surface area contributed by atoms with Crippen LogP contribution >= 0.6 is 12.2 Å². The Bertz CT molecular complexity index is 1010. The number of carbonyl (C=O) groups excluding carboxylic acids is 1. The number of hydrogen-bond acceptors (Lipinski definition) is 3. The molecule has 1 atom stereocenters. The number of allylic oxidation sites excluding steroid dienone is 1. The number of carbonyl (C=O) groups is 1. The second-order valence-corrected chi connectivity index (χ2v) is 8.43. The number of nitrogens with one attached hydrogen (secondary N) is 1. The average molecular weight is 421 g/mol. The SMILES string of the molecule is CCCN1C(=S)NC(c2ccc(Oc3cccc(C)c3C)cc2)C2=C1CCCC2=O. The van der Waals surface area contributed by atoms with E-state index < -0.39 is 0 Å². The van der Waals surface area contributed by atoms with Gasteiger partial charge in [-0.15, -0.1) is 0 Å². The van der Waals surface area contributed by atoms with Crippen LogP contribution in [0.4, 0.5) is 0 Å². The highest BCUT2D eigenvalue weighted by Gasteiger charge is 2.36. The fourth-order valence-corrected chi connectivity index (χ4v) is 4.57. The molecule has 5 heteroatoms. The van der Waals surface area contributed by atoms with Crippen molar-refractivity contribution in [2.75, 3.05) is 6.54 Å². The van der Waals surface area contributed by atoms with E-state index in [4.69, 9.17) is 17.0 Å². The Morgan fingerprint density at radius 1 is 1.13 bits per heavy atom. The molecule has 0 bridgehead atoms. The smallest absolute Gasteiger partial charge is 0.173 e. The van der Waals surface area contributed by atoms with Crippen molar-refractivity contribution >= 4 is 23.1 Å². The average Bonchev–Trinajstić information content (AvgIpc) is 2.74. The summed E-state index contributed by atoms with van der Waals surface area (Å²) in [6.45, 7) is 7.12. The molecule has 4 nitrogen and oxygen atoms in total. The zero-order chi connectivity index (χ0) is 21.3. The summed E-state index contributed by atoms with van der Waals surface area (Å²) in [5.41, 5.74) is 5.36. The topological polar surface area (TPSA) is 41.6 Å². The first-order valence-corrected chi connectivity index (χ1v) is 11.1. The third-order valence-corrected chi connectivity index (χ3v) is 6.34. The molecule has 1 unspecified atom stereocenters. The summed E-state index contributed by atoms with van der Waals surface area (Å²) in [6, 6.07) is 13.9. The summed E-state index contributed by atoms with van der Waals surface area (Å²) in [4.78, 5) is 15.0. The van der Waals surface area contributed by atoms with E-state index in [-0.39, 0.29) is 11.8 Å². The van der Waals surface area contributed by atoms with Gasteiger partial charge in [0.25, 0.3) is 0 Å². The summed E-state index contributed by atoms with van der Waals surface area (Å²) in [5, 5.41) is 4.13. The molecule has 0 amide bonds. The highest BCUT2D eigenvalue weighted by Crippen LogP contribution is 2.38. The Balaban J connectivity index is 1.63. The Morgan fingerprint density at radius 3 is 2.63 bits per heavy atom. The van der Waals surface area contributed by atoms with Crippen molar-refractivity contribution in [3.8, 4) is 11.5 Å². The van der Waals surface area contributed by atoms with E-state index in [0.717, 1.165) is 59.7 Å². The molecule has 2 aromatic carbocycles. The monoisotopic (exact) mass is 420 g/mol. The maximum Gasteiger partial charge on any atom is 0.173 e. The molecule has 0 saturated heterocycles. The lowest BCUT2D eigenvalue weighted by molar-refractivity contribution is -0.116. The third-order valence-electron chi connectivity index (χ3n) is 6.00. The summed E-state index contributed by atoms with van der Waals surface area (Å²) >= 11 is 5.66. The quantitative estimate of drug-likeness (QED) is 0.624. The molecule has 0 saturated carbocycles. The Morgan fingerprint density at radius 2 is 1.90 bits per heavy atom. The van der Waals surface area contributed by atoms with E-state index in [2.05, 4.69) is 37.1 Å². The van der Waals surface area contributed by atoms with E-state index in [9.17, 15) is 4.79 Å². The number of nitrogens with zero attached hydrogens (tertiary/aromatic N) is 1. The van der Waals surface area contributed by atoms with Crippen LogP contribution in [0.15, 0.2) is 53.7 Å².